The molecule has 9 nitrogen and oxygen atoms in total. The monoisotopic (exact) mass is 417 g/mol. The molecule has 0 saturated heterocycles. The van der Waals surface area contributed by atoms with Gasteiger partial charge in [0.2, 0.25) is 5.65 Å². The van der Waals surface area contributed by atoms with Crippen LogP contribution in [0.5, 0.6) is 6.01 Å². The number of alkyl halides is 2. The molecule has 12 heteroatoms. The molecule has 0 radical (unpaired) electrons. The molecule has 4 rings (SSSR count). The maximum Gasteiger partial charge on any atom is 0.322 e. The van der Waals surface area contributed by atoms with Gasteiger partial charge in [-0.1, -0.05) is 18.2 Å². The number of para-hydroxylation sites is 1. The zero-order valence-electron chi connectivity index (χ0n) is 14.9. The molecule has 0 atom stereocenters. The van der Waals surface area contributed by atoms with Gasteiger partial charge in [0.25, 0.3) is 5.91 Å². The average molecular weight is 417 g/mol. The van der Waals surface area contributed by atoms with Gasteiger partial charge < -0.3 is 4.74 Å². The van der Waals surface area contributed by atoms with Gasteiger partial charge in [0.15, 0.2) is 5.13 Å². The van der Waals surface area contributed by atoms with Gasteiger partial charge in [0.1, 0.15) is 12.1 Å². The van der Waals surface area contributed by atoms with Crippen LogP contribution >= 0.6 is 11.3 Å². The molecule has 0 unspecified atom stereocenters. The Labute approximate surface area is 166 Å². The lowest BCUT2D eigenvalue weighted by atomic mass is 10.3. The number of halogens is 2. The highest BCUT2D eigenvalue weighted by Gasteiger charge is 2.32. The summed E-state index contributed by atoms with van der Waals surface area (Å²) in [6, 6.07) is 9.60. The number of rotatable bonds is 6. The number of anilines is 1. The predicted molar refractivity (Wildman–Crippen MR) is 100 cm³/mol. The van der Waals surface area contributed by atoms with E-state index in [4.69, 9.17) is 4.74 Å². The number of nitrogens with one attached hydrogen (secondary N) is 1. The van der Waals surface area contributed by atoms with Gasteiger partial charge in [0, 0.05) is 12.3 Å². The number of hydrogen-bond donors (Lipinski definition) is 1. The Hall–Kier alpha value is -3.54. The van der Waals surface area contributed by atoms with E-state index in [9.17, 15) is 13.6 Å². The van der Waals surface area contributed by atoms with Gasteiger partial charge in [-0.2, -0.15) is 13.8 Å². The van der Waals surface area contributed by atoms with E-state index in [0.717, 1.165) is 17.0 Å². The van der Waals surface area contributed by atoms with Gasteiger partial charge in [-0.15, -0.1) is 21.5 Å². The fourth-order valence-electron chi connectivity index (χ4n) is 2.44. The summed E-state index contributed by atoms with van der Waals surface area (Å²) in [6.45, 7) is 0.525. The molecule has 1 aromatic carbocycles. The Kier molecular flexibility index (Phi) is 4.84. The van der Waals surface area contributed by atoms with Crippen molar-refractivity contribution in [2.45, 2.75) is 19.5 Å². The van der Waals surface area contributed by atoms with Crippen LogP contribution in [0.4, 0.5) is 13.9 Å². The van der Waals surface area contributed by atoms with E-state index >= 15 is 0 Å². The summed E-state index contributed by atoms with van der Waals surface area (Å²) in [5, 5.41) is 15.0. The second-order valence-corrected chi connectivity index (χ2v) is 6.84. The number of benzene rings is 1. The highest BCUT2D eigenvalue weighted by Crippen LogP contribution is 2.25. The first-order chi connectivity index (χ1) is 13.9. The highest BCUT2D eigenvalue weighted by molar-refractivity contribution is 7.13. The minimum atomic E-state index is -3.49. The summed E-state index contributed by atoms with van der Waals surface area (Å²) in [7, 11) is 0. The fourth-order valence-corrected chi connectivity index (χ4v) is 3.13. The van der Waals surface area contributed by atoms with E-state index in [0.29, 0.717) is 23.8 Å². The van der Waals surface area contributed by atoms with Gasteiger partial charge in [0.05, 0.1) is 17.6 Å². The van der Waals surface area contributed by atoms with Crippen LogP contribution in [0.2, 0.25) is 0 Å². The zero-order valence-corrected chi connectivity index (χ0v) is 15.7. The molecule has 0 spiro atoms. The molecule has 1 N–H and O–H groups in total. The largest absolute Gasteiger partial charge is 0.458 e. The Morgan fingerprint density at radius 1 is 1.28 bits per heavy atom. The summed E-state index contributed by atoms with van der Waals surface area (Å²) in [4.78, 5) is 19.8. The number of thiazole rings is 1. The van der Waals surface area contributed by atoms with E-state index in [-0.39, 0.29) is 17.7 Å². The number of aromatic nitrogens is 6. The minimum absolute atomic E-state index is 0.00585. The topological polar surface area (TPSA) is 108 Å². The molecule has 3 heterocycles. The van der Waals surface area contributed by atoms with Crippen molar-refractivity contribution in [2.75, 3.05) is 5.32 Å². The van der Waals surface area contributed by atoms with Crippen molar-refractivity contribution in [3.63, 3.8) is 0 Å². The Morgan fingerprint density at radius 2 is 2.07 bits per heavy atom. The lowest BCUT2D eigenvalue weighted by molar-refractivity contribution is -0.137. The summed E-state index contributed by atoms with van der Waals surface area (Å²) in [6.07, 6.45) is 1.52. The molecule has 29 heavy (non-hydrogen) atoms. The third kappa shape index (κ3) is 4.01. The molecule has 0 bridgehead atoms. The molecule has 0 aliphatic carbocycles. The summed E-state index contributed by atoms with van der Waals surface area (Å²) >= 11 is 1.02. The van der Waals surface area contributed by atoms with E-state index in [1.165, 1.54) is 6.20 Å². The van der Waals surface area contributed by atoms with Crippen molar-refractivity contribution >= 4 is 33.5 Å². The Morgan fingerprint density at radius 3 is 2.83 bits per heavy atom. The van der Waals surface area contributed by atoms with E-state index in [1.54, 1.807) is 9.95 Å². The van der Waals surface area contributed by atoms with Gasteiger partial charge >= 0.3 is 11.9 Å². The smallest absolute Gasteiger partial charge is 0.322 e. The van der Waals surface area contributed by atoms with Crippen LogP contribution < -0.4 is 10.1 Å². The van der Waals surface area contributed by atoms with Crippen molar-refractivity contribution in [3.05, 3.63) is 47.6 Å². The first kappa shape index (κ1) is 18.8. The third-order valence-corrected chi connectivity index (χ3v) is 4.57. The minimum Gasteiger partial charge on any atom is -0.458 e. The number of nitrogens with zero attached hydrogens (tertiary/aromatic N) is 6. The van der Waals surface area contributed by atoms with Crippen LogP contribution in [0.15, 0.2) is 41.9 Å². The maximum absolute atomic E-state index is 13.0. The molecule has 3 aromatic heterocycles. The molecule has 0 fully saturated rings. The van der Waals surface area contributed by atoms with Gasteiger partial charge in [-0.3, -0.25) is 14.7 Å². The SMILES string of the molecule is CC(F)(F)C(=O)Nc1nc(COc2nc3nnncc3n2-c2ccccc2)cs1. The van der Waals surface area contributed by atoms with Crippen molar-refractivity contribution in [1.82, 2.24) is 29.9 Å². The maximum atomic E-state index is 13.0. The fraction of sp³-hybridized carbons (Fsp3) is 0.176. The second kappa shape index (κ2) is 7.47. The number of amides is 1. The first-order valence-corrected chi connectivity index (χ1v) is 9.18. The van der Waals surface area contributed by atoms with Crippen LogP contribution in [0.3, 0.4) is 0 Å². The zero-order chi connectivity index (χ0) is 20.4. The molecular formula is C17H13F2N7O2S. The van der Waals surface area contributed by atoms with Crippen molar-refractivity contribution in [2.24, 2.45) is 0 Å². The number of hydrogen-bond acceptors (Lipinski definition) is 8. The third-order valence-electron chi connectivity index (χ3n) is 3.77. The molecule has 148 valence electrons. The number of carbonyl (C=O) groups is 1. The highest BCUT2D eigenvalue weighted by atomic mass is 32.1. The standard InChI is InChI=1S/C17H13F2N7O2S/c1-17(18,19)14(27)23-15-21-10(9-29-15)8-28-16-22-13-12(7-20-25-24-13)26(16)11-5-3-2-4-6-11/h2-7,9H,8H2,1H3,(H,21,23,27). The summed E-state index contributed by atoms with van der Waals surface area (Å²) < 4.78 is 33.5. The van der Waals surface area contributed by atoms with Crippen LogP contribution in [-0.4, -0.2) is 41.8 Å². The number of imidazole rings is 1. The number of carbonyl (C=O) groups excluding carboxylic acids is 1. The number of fused-ring (bicyclic) bond motifs is 1. The molecule has 4 aromatic rings. The lowest BCUT2D eigenvalue weighted by Gasteiger charge is -2.09. The van der Waals surface area contributed by atoms with Crippen molar-refractivity contribution in [1.29, 1.82) is 0 Å². The van der Waals surface area contributed by atoms with Crippen molar-refractivity contribution < 1.29 is 18.3 Å². The van der Waals surface area contributed by atoms with Crippen LogP contribution in [0.25, 0.3) is 16.9 Å². The number of ether oxygens (including phenoxy) is 1. The average Bonchev–Trinajstić information content (AvgIpc) is 3.30. The second-order valence-electron chi connectivity index (χ2n) is 5.98. The molecule has 0 aliphatic heterocycles. The molecule has 0 aliphatic rings. The van der Waals surface area contributed by atoms with Crippen LogP contribution in [-0.2, 0) is 11.4 Å². The molecule has 1 amide bonds. The molecule has 0 saturated carbocycles. The molecular weight excluding hydrogens is 404 g/mol. The van der Waals surface area contributed by atoms with Crippen LogP contribution in [0.1, 0.15) is 12.6 Å². The van der Waals surface area contributed by atoms with Gasteiger partial charge in [-0.05, 0) is 17.3 Å². The van der Waals surface area contributed by atoms with Crippen molar-refractivity contribution in [3.8, 4) is 11.7 Å². The normalized spacial score (nSPS) is 11.6. The lowest BCUT2D eigenvalue weighted by Crippen LogP contribution is -2.31. The van der Waals surface area contributed by atoms with E-state index < -0.39 is 11.8 Å². The van der Waals surface area contributed by atoms with E-state index in [1.807, 2.05) is 30.3 Å². The summed E-state index contributed by atoms with van der Waals surface area (Å²) in [5.41, 5.74) is 2.20. The predicted octanol–water partition coefficient (Wildman–Crippen LogP) is 2.84. The Bertz CT molecular complexity index is 1160. The Balaban J connectivity index is 1.56. The van der Waals surface area contributed by atoms with Gasteiger partial charge in [-0.25, -0.2) is 4.98 Å². The first-order valence-electron chi connectivity index (χ1n) is 8.30. The summed E-state index contributed by atoms with van der Waals surface area (Å²) in [5.74, 6) is -4.91. The van der Waals surface area contributed by atoms with Crippen LogP contribution in [0, 0.1) is 0 Å². The quantitative estimate of drug-likeness (QED) is 0.514. The van der Waals surface area contributed by atoms with E-state index in [2.05, 4.69) is 30.7 Å².